The van der Waals surface area contributed by atoms with E-state index in [2.05, 4.69) is 4.72 Å². The largest absolute Gasteiger partial charge is 0.381 e. The average Bonchev–Trinajstić information content (AvgIpc) is 2.29. The number of nitrogens with one attached hydrogen (secondary N) is 1. The number of nitrogens with two attached hydrogens (primary N) is 1. The van der Waals surface area contributed by atoms with Gasteiger partial charge < -0.3 is 10.5 Å². The molecule has 0 aromatic heterocycles. The third-order valence-corrected chi connectivity index (χ3v) is 4.49. The lowest BCUT2D eigenvalue weighted by molar-refractivity contribution is 0.163. The smallest absolute Gasteiger partial charge is 0.213 e. The summed E-state index contributed by atoms with van der Waals surface area (Å²) in [4.78, 5) is 0. The van der Waals surface area contributed by atoms with E-state index in [9.17, 15) is 8.42 Å². The molecule has 0 amide bonds. The molecule has 0 aliphatic heterocycles. The van der Waals surface area contributed by atoms with E-state index < -0.39 is 10.0 Å². The van der Waals surface area contributed by atoms with Gasteiger partial charge in [-0.2, -0.15) is 0 Å². The fourth-order valence-corrected chi connectivity index (χ4v) is 2.99. The number of ether oxygens (including phenoxy) is 1. The fraction of sp³-hybridized carbons (Fsp3) is 1.00. The molecule has 17 heavy (non-hydrogen) atoms. The molecule has 1 saturated carbocycles. The van der Waals surface area contributed by atoms with Crippen LogP contribution in [0.15, 0.2) is 0 Å². The lowest BCUT2D eigenvalue weighted by Crippen LogP contribution is -2.36. The van der Waals surface area contributed by atoms with Gasteiger partial charge in [-0.25, -0.2) is 13.1 Å². The van der Waals surface area contributed by atoms with Crippen molar-refractivity contribution < 1.29 is 13.2 Å². The summed E-state index contributed by atoms with van der Waals surface area (Å²) in [6.07, 6.45) is 4.06. The van der Waals surface area contributed by atoms with E-state index in [1.807, 2.05) is 6.92 Å². The van der Waals surface area contributed by atoms with Crippen molar-refractivity contribution in [3.05, 3.63) is 0 Å². The minimum Gasteiger partial charge on any atom is -0.381 e. The van der Waals surface area contributed by atoms with E-state index in [-0.39, 0.29) is 12.4 Å². The second-order valence-corrected chi connectivity index (χ2v) is 6.57. The van der Waals surface area contributed by atoms with E-state index in [1.54, 1.807) is 0 Å². The van der Waals surface area contributed by atoms with Gasteiger partial charge in [-0.1, -0.05) is 0 Å². The average molecular weight is 264 g/mol. The van der Waals surface area contributed by atoms with Gasteiger partial charge in [-0.05, 0) is 38.5 Å². The number of sulfonamides is 1. The van der Waals surface area contributed by atoms with Crippen LogP contribution >= 0.6 is 0 Å². The monoisotopic (exact) mass is 264 g/mol. The highest BCUT2D eigenvalue weighted by atomic mass is 32.2. The van der Waals surface area contributed by atoms with Gasteiger partial charge in [-0.3, -0.25) is 0 Å². The highest BCUT2D eigenvalue weighted by Gasteiger charge is 2.20. The van der Waals surface area contributed by atoms with Crippen molar-refractivity contribution in [3.8, 4) is 0 Å². The molecule has 0 heterocycles. The minimum atomic E-state index is -3.17. The molecule has 1 fully saturated rings. The van der Waals surface area contributed by atoms with E-state index in [0.717, 1.165) is 25.7 Å². The van der Waals surface area contributed by atoms with Crippen LogP contribution in [-0.2, 0) is 14.8 Å². The maximum absolute atomic E-state index is 11.6. The van der Waals surface area contributed by atoms with Crippen LogP contribution in [-0.4, -0.2) is 40.0 Å². The fourth-order valence-electron chi connectivity index (χ4n) is 2.02. The van der Waals surface area contributed by atoms with Crippen molar-refractivity contribution in [2.45, 2.75) is 38.6 Å². The van der Waals surface area contributed by atoms with Gasteiger partial charge in [0.05, 0.1) is 12.4 Å². The first kappa shape index (κ1) is 14.9. The molecular weight excluding hydrogens is 240 g/mol. The summed E-state index contributed by atoms with van der Waals surface area (Å²) in [5.74, 6) is 0.490. The summed E-state index contributed by atoms with van der Waals surface area (Å²) in [6.45, 7) is 3.21. The van der Waals surface area contributed by atoms with Gasteiger partial charge in [0.25, 0.3) is 0 Å². The van der Waals surface area contributed by atoms with Crippen molar-refractivity contribution in [1.29, 1.82) is 0 Å². The zero-order valence-electron chi connectivity index (χ0n) is 10.5. The predicted molar refractivity (Wildman–Crippen MR) is 68.2 cm³/mol. The van der Waals surface area contributed by atoms with Crippen LogP contribution in [0.1, 0.15) is 32.6 Å². The van der Waals surface area contributed by atoms with E-state index in [1.165, 1.54) is 0 Å². The van der Waals surface area contributed by atoms with Gasteiger partial charge in [0, 0.05) is 19.2 Å². The van der Waals surface area contributed by atoms with Crippen molar-refractivity contribution in [2.75, 3.05) is 25.5 Å². The van der Waals surface area contributed by atoms with Gasteiger partial charge in [-0.15, -0.1) is 0 Å². The standard InChI is InChI=1S/C11H24N2O3S/c1-2-16-7-8-17(14,15)13-9-10-3-5-11(12)6-4-10/h10-11,13H,2-9,12H2,1H3. The Kier molecular flexibility index (Phi) is 6.40. The molecular formula is C11H24N2O3S. The summed E-state index contributed by atoms with van der Waals surface area (Å²) in [7, 11) is -3.17. The molecule has 6 heteroatoms. The Balaban J connectivity index is 2.20. The Morgan fingerprint density at radius 1 is 1.29 bits per heavy atom. The second kappa shape index (κ2) is 7.31. The molecule has 102 valence electrons. The van der Waals surface area contributed by atoms with Crippen molar-refractivity contribution in [2.24, 2.45) is 11.7 Å². The first-order chi connectivity index (χ1) is 8.03. The predicted octanol–water partition coefficient (Wildman–Crippen LogP) is 0.460. The Morgan fingerprint density at radius 2 is 1.94 bits per heavy atom. The van der Waals surface area contributed by atoms with Gasteiger partial charge in [0.1, 0.15) is 0 Å². The second-order valence-electron chi connectivity index (χ2n) is 4.65. The molecule has 0 unspecified atom stereocenters. The molecule has 0 radical (unpaired) electrons. The van der Waals surface area contributed by atoms with Crippen molar-refractivity contribution >= 4 is 10.0 Å². The van der Waals surface area contributed by atoms with Crippen LogP contribution in [0.25, 0.3) is 0 Å². The maximum atomic E-state index is 11.6. The molecule has 0 spiro atoms. The normalized spacial score (nSPS) is 26.0. The van der Waals surface area contributed by atoms with Crippen LogP contribution in [0.5, 0.6) is 0 Å². The van der Waals surface area contributed by atoms with Crippen LogP contribution in [0, 0.1) is 5.92 Å². The highest BCUT2D eigenvalue weighted by Crippen LogP contribution is 2.22. The molecule has 3 N–H and O–H groups in total. The Bertz CT molecular complexity index is 298. The van der Waals surface area contributed by atoms with Gasteiger partial charge in [0.15, 0.2) is 0 Å². The van der Waals surface area contributed by atoms with Gasteiger partial charge in [0.2, 0.25) is 10.0 Å². The summed E-state index contributed by atoms with van der Waals surface area (Å²) in [5, 5.41) is 0. The lowest BCUT2D eigenvalue weighted by Gasteiger charge is -2.26. The highest BCUT2D eigenvalue weighted by molar-refractivity contribution is 7.89. The Labute approximate surface area is 104 Å². The summed E-state index contributed by atoms with van der Waals surface area (Å²) in [5.41, 5.74) is 5.80. The van der Waals surface area contributed by atoms with Gasteiger partial charge >= 0.3 is 0 Å². The molecule has 0 aromatic carbocycles. The third kappa shape index (κ3) is 6.35. The van der Waals surface area contributed by atoms with Crippen LogP contribution < -0.4 is 10.5 Å². The molecule has 0 aromatic rings. The zero-order chi connectivity index (χ0) is 12.7. The molecule has 0 bridgehead atoms. The molecule has 0 saturated heterocycles. The minimum absolute atomic E-state index is 0.0487. The van der Waals surface area contributed by atoms with E-state index in [4.69, 9.17) is 10.5 Å². The molecule has 0 atom stereocenters. The number of hydrogen-bond acceptors (Lipinski definition) is 4. The molecule has 1 rings (SSSR count). The zero-order valence-corrected chi connectivity index (χ0v) is 11.3. The third-order valence-electron chi connectivity index (χ3n) is 3.18. The summed E-state index contributed by atoms with van der Waals surface area (Å²) in [6, 6.07) is 0.306. The number of rotatable bonds is 7. The Hall–Kier alpha value is -0.170. The maximum Gasteiger partial charge on any atom is 0.213 e. The molecule has 1 aliphatic carbocycles. The quantitative estimate of drug-likeness (QED) is 0.655. The topological polar surface area (TPSA) is 81.4 Å². The van der Waals surface area contributed by atoms with Crippen molar-refractivity contribution in [3.63, 3.8) is 0 Å². The molecule has 5 nitrogen and oxygen atoms in total. The summed E-state index contributed by atoms with van der Waals surface area (Å²) < 4.78 is 30.9. The lowest BCUT2D eigenvalue weighted by atomic mass is 9.87. The van der Waals surface area contributed by atoms with Crippen LogP contribution in [0.2, 0.25) is 0 Å². The molecule has 1 aliphatic rings. The summed E-state index contributed by atoms with van der Waals surface area (Å²) >= 11 is 0. The van der Waals surface area contributed by atoms with E-state index in [0.29, 0.717) is 25.1 Å². The van der Waals surface area contributed by atoms with Crippen molar-refractivity contribution in [1.82, 2.24) is 4.72 Å². The van der Waals surface area contributed by atoms with Crippen LogP contribution in [0.3, 0.4) is 0 Å². The van der Waals surface area contributed by atoms with Crippen LogP contribution in [0.4, 0.5) is 0 Å². The number of hydrogen-bond donors (Lipinski definition) is 2. The SMILES string of the molecule is CCOCCS(=O)(=O)NCC1CCC(N)CC1. The Morgan fingerprint density at radius 3 is 2.53 bits per heavy atom. The van der Waals surface area contributed by atoms with E-state index >= 15 is 0 Å². The first-order valence-corrected chi connectivity index (χ1v) is 7.99. The first-order valence-electron chi connectivity index (χ1n) is 6.34.